The fourth-order valence-electron chi connectivity index (χ4n) is 3.25. The van der Waals surface area contributed by atoms with E-state index in [4.69, 9.17) is 0 Å². The molecule has 0 unspecified atom stereocenters. The first-order chi connectivity index (χ1) is 9.84. The highest BCUT2D eigenvalue weighted by Crippen LogP contribution is 2.31. The van der Waals surface area contributed by atoms with E-state index in [1.807, 2.05) is 24.5 Å². The van der Waals surface area contributed by atoms with Crippen LogP contribution in [0.15, 0.2) is 42.9 Å². The first kappa shape index (κ1) is 10.1. The number of hydrogen-bond acceptors (Lipinski definition) is 2. The van der Waals surface area contributed by atoms with Crippen LogP contribution in [0.4, 0.5) is 0 Å². The molecule has 0 amide bonds. The van der Waals surface area contributed by atoms with Crippen LogP contribution in [0.25, 0.3) is 28.2 Å². The summed E-state index contributed by atoms with van der Waals surface area (Å²) in [5.41, 5.74) is 5.72. The van der Waals surface area contributed by atoms with Crippen molar-refractivity contribution in [3.8, 4) is 11.3 Å². The standard InChI is InChI=1S/C15H12N5/c1-18-12-5-3-7-17-14(12)20-9-13-10-4-2-6-16-11(10)8-19(13)15(18)20/h2-7,9H,8H2,1H3/q+1. The normalized spacial score (nSPS) is 13.1. The predicted molar refractivity (Wildman–Crippen MR) is 74.2 cm³/mol. The van der Waals surface area contributed by atoms with Gasteiger partial charge in [0.15, 0.2) is 5.52 Å². The van der Waals surface area contributed by atoms with Crippen molar-refractivity contribution in [2.24, 2.45) is 7.05 Å². The molecule has 20 heavy (non-hydrogen) atoms. The molecule has 0 atom stereocenters. The molecule has 0 N–H and O–H groups in total. The fourth-order valence-corrected chi connectivity index (χ4v) is 3.25. The smallest absolute Gasteiger partial charge is 0.258 e. The molecule has 0 saturated carbocycles. The van der Waals surface area contributed by atoms with Gasteiger partial charge in [-0.1, -0.05) is 0 Å². The van der Waals surface area contributed by atoms with Crippen LogP contribution in [0, 0.1) is 0 Å². The molecule has 0 aliphatic carbocycles. The van der Waals surface area contributed by atoms with Crippen LogP contribution in [0.5, 0.6) is 0 Å². The molecular formula is C15H12N5+. The number of fused-ring (bicyclic) bond motifs is 7. The Kier molecular flexibility index (Phi) is 1.65. The van der Waals surface area contributed by atoms with Crippen LogP contribution in [0.3, 0.4) is 0 Å². The van der Waals surface area contributed by atoms with Gasteiger partial charge >= 0.3 is 5.78 Å². The van der Waals surface area contributed by atoms with Gasteiger partial charge in [0, 0.05) is 18.8 Å². The molecule has 1 aliphatic rings. The van der Waals surface area contributed by atoms with E-state index in [2.05, 4.69) is 48.9 Å². The lowest BCUT2D eigenvalue weighted by Gasteiger charge is -1.94. The minimum Gasteiger partial charge on any atom is -0.258 e. The Morgan fingerprint density at radius 3 is 2.95 bits per heavy atom. The zero-order valence-corrected chi connectivity index (χ0v) is 11.0. The third-order valence-electron chi connectivity index (χ3n) is 4.13. The molecule has 4 aromatic rings. The molecule has 5 heterocycles. The van der Waals surface area contributed by atoms with Crippen molar-refractivity contribution in [2.75, 3.05) is 0 Å². The van der Waals surface area contributed by atoms with Crippen molar-refractivity contribution >= 4 is 16.9 Å². The Balaban J connectivity index is 1.97. The average molecular weight is 262 g/mol. The van der Waals surface area contributed by atoms with Gasteiger partial charge in [0.2, 0.25) is 0 Å². The summed E-state index contributed by atoms with van der Waals surface area (Å²) < 4.78 is 6.66. The van der Waals surface area contributed by atoms with Gasteiger partial charge in [0.05, 0.1) is 18.1 Å². The molecule has 5 heteroatoms. The van der Waals surface area contributed by atoms with Crippen molar-refractivity contribution in [1.82, 2.24) is 19.1 Å². The highest BCUT2D eigenvalue weighted by molar-refractivity contribution is 5.74. The minimum atomic E-state index is 0.826. The van der Waals surface area contributed by atoms with Crippen molar-refractivity contribution in [3.05, 3.63) is 48.5 Å². The lowest BCUT2D eigenvalue weighted by molar-refractivity contribution is -0.482. The van der Waals surface area contributed by atoms with E-state index in [0.717, 1.165) is 29.2 Å². The summed E-state index contributed by atoms with van der Waals surface area (Å²) in [6.45, 7) is 0.826. The number of aromatic nitrogens is 5. The van der Waals surface area contributed by atoms with E-state index in [9.17, 15) is 0 Å². The summed E-state index contributed by atoms with van der Waals surface area (Å²) >= 11 is 0. The van der Waals surface area contributed by atoms with Gasteiger partial charge < -0.3 is 0 Å². The third kappa shape index (κ3) is 1.02. The molecule has 0 saturated heterocycles. The van der Waals surface area contributed by atoms with Crippen LogP contribution < -0.4 is 4.40 Å². The molecule has 0 aromatic carbocycles. The molecule has 4 aromatic heterocycles. The molecule has 0 spiro atoms. The van der Waals surface area contributed by atoms with Crippen LogP contribution in [0.1, 0.15) is 5.69 Å². The molecule has 0 fully saturated rings. The summed E-state index contributed by atoms with van der Waals surface area (Å²) in [6.07, 6.45) is 5.86. The Morgan fingerprint density at radius 2 is 2.00 bits per heavy atom. The summed E-state index contributed by atoms with van der Waals surface area (Å²) in [6, 6.07) is 8.20. The molecule has 0 radical (unpaired) electrons. The Hall–Kier alpha value is -2.69. The second-order valence-electron chi connectivity index (χ2n) is 5.17. The zero-order valence-electron chi connectivity index (χ0n) is 11.0. The largest absolute Gasteiger partial charge is 0.329 e. The Morgan fingerprint density at radius 1 is 1.15 bits per heavy atom. The van der Waals surface area contributed by atoms with E-state index < -0.39 is 0 Å². The summed E-state index contributed by atoms with van der Waals surface area (Å²) in [5.74, 6) is 1.15. The van der Waals surface area contributed by atoms with Crippen LogP contribution in [0.2, 0.25) is 0 Å². The Bertz CT molecular complexity index is 992. The van der Waals surface area contributed by atoms with E-state index >= 15 is 0 Å². The van der Waals surface area contributed by atoms with Crippen molar-refractivity contribution in [3.63, 3.8) is 0 Å². The van der Waals surface area contributed by atoms with Crippen LogP contribution >= 0.6 is 0 Å². The molecule has 0 bridgehead atoms. The fraction of sp³-hybridized carbons (Fsp3) is 0.133. The van der Waals surface area contributed by atoms with Gasteiger partial charge in [-0.15, -0.1) is 4.98 Å². The third-order valence-corrected chi connectivity index (χ3v) is 4.13. The lowest BCUT2D eigenvalue weighted by Crippen LogP contribution is -2.19. The van der Waals surface area contributed by atoms with Gasteiger partial charge in [0.1, 0.15) is 12.2 Å². The number of pyridine rings is 2. The summed E-state index contributed by atoms with van der Waals surface area (Å²) in [5, 5.41) is 0. The number of rotatable bonds is 0. The summed E-state index contributed by atoms with van der Waals surface area (Å²) in [4.78, 5) is 8.99. The molecule has 1 aliphatic heterocycles. The summed E-state index contributed by atoms with van der Waals surface area (Å²) in [7, 11) is 2.09. The maximum Gasteiger partial charge on any atom is 0.329 e. The minimum absolute atomic E-state index is 0.826. The number of imidazole rings is 2. The van der Waals surface area contributed by atoms with Gasteiger partial charge in [-0.25, -0.2) is 9.13 Å². The number of nitrogens with zero attached hydrogens (tertiary/aromatic N) is 5. The van der Waals surface area contributed by atoms with E-state index in [1.54, 1.807) is 0 Å². The molecule has 5 nitrogen and oxygen atoms in total. The van der Waals surface area contributed by atoms with Gasteiger partial charge in [-0.05, 0) is 24.3 Å². The molecule has 5 rings (SSSR count). The van der Waals surface area contributed by atoms with Crippen molar-refractivity contribution < 1.29 is 4.40 Å². The van der Waals surface area contributed by atoms with E-state index in [1.165, 1.54) is 11.3 Å². The quantitative estimate of drug-likeness (QED) is 0.397. The monoisotopic (exact) mass is 262 g/mol. The van der Waals surface area contributed by atoms with Gasteiger partial charge in [-0.2, -0.15) is 4.40 Å². The highest BCUT2D eigenvalue weighted by atomic mass is 15.3. The number of hydrogen-bond donors (Lipinski definition) is 0. The van der Waals surface area contributed by atoms with E-state index in [0.29, 0.717) is 0 Å². The topological polar surface area (TPSA) is 39.7 Å². The zero-order chi connectivity index (χ0) is 13.3. The average Bonchev–Trinajstić information content (AvgIpc) is 3.09. The Labute approximate surface area is 114 Å². The SMILES string of the molecule is Cn1c2cccnc2[n+]2cc3n(c12)Cc1ncccc1-3. The first-order valence-corrected chi connectivity index (χ1v) is 6.63. The van der Waals surface area contributed by atoms with E-state index in [-0.39, 0.29) is 0 Å². The lowest BCUT2D eigenvalue weighted by atomic mass is 10.2. The second-order valence-corrected chi connectivity index (χ2v) is 5.17. The predicted octanol–water partition coefficient (Wildman–Crippen LogP) is 1.54. The van der Waals surface area contributed by atoms with Crippen molar-refractivity contribution in [2.45, 2.75) is 6.54 Å². The molecule has 96 valence electrons. The van der Waals surface area contributed by atoms with Crippen molar-refractivity contribution in [1.29, 1.82) is 0 Å². The van der Waals surface area contributed by atoms with Gasteiger partial charge in [0.25, 0.3) is 5.65 Å². The maximum atomic E-state index is 4.51. The van der Waals surface area contributed by atoms with Gasteiger partial charge in [-0.3, -0.25) is 4.98 Å². The second kappa shape index (κ2) is 3.25. The number of aryl methyl sites for hydroxylation is 1. The molecular weight excluding hydrogens is 250 g/mol. The highest BCUT2D eigenvalue weighted by Gasteiger charge is 2.30. The maximum absolute atomic E-state index is 4.51. The van der Waals surface area contributed by atoms with Crippen LogP contribution in [-0.2, 0) is 13.6 Å². The van der Waals surface area contributed by atoms with Crippen LogP contribution in [-0.4, -0.2) is 19.1 Å². The first-order valence-electron chi connectivity index (χ1n) is 6.63.